The number of carbonyl (C=O) groups excluding carboxylic acids is 2. The molecule has 0 atom stereocenters. The molecule has 0 bridgehead atoms. The van der Waals surface area contributed by atoms with E-state index in [1.165, 1.54) is 24.4 Å². The van der Waals surface area contributed by atoms with E-state index in [0.29, 0.717) is 11.3 Å². The summed E-state index contributed by atoms with van der Waals surface area (Å²) in [7, 11) is 0. The van der Waals surface area contributed by atoms with Crippen LogP contribution < -0.4 is 20.2 Å². The van der Waals surface area contributed by atoms with Gasteiger partial charge in [-0.1, -0.05) is 45.7 Å². The van der Waals surface area contributed by atoms with Crippen molar-refractivity contribution in [3.63, 3.8) is 0 Å². The van der Waals surface area contributed by atoms with Gasteiger partial charge < -0.3 is 14.8 Å². The maximum Gasteiger partial charge on any atom is 0.277 e. The highest BCUT2D eigenvalue weighted by Gasteiger charge is 2.09. The molecule has 7 nitrogen and oxygen atoms in total. The smallest absolute Gasteiger partial charge is 0.277 e. The maximum absolute atomic E-state index is 13.6. The Balaban J connectivity index is 1.45. The summed E-state index contributed by atoms with van der Waals surface area (Å²) in [5.74, 6) is -0.690. The first-order chi connectivity index (χ1) is 15.9. The molecule has 0 aromatic heterocycles. The fourth-order valence-electron chi connectivity index (χ4n) is 2.52. The molecule has 3 aromatic carbocycles. The SMILES string of the molecule is O=C(COc1cccc(Br)c1)N/N=C/c1ccc(OCC(=O)Nc2ccccc2F)c(Cl)c1. The number of amides is 2. The number of nitrogens with zero attached hydrogens (tertiary/aromatic N) is 1. The molecule has 2 amide bonds. The molecule has 0 spiro atoms. The molecule has 0 heterocycles. The van der Waals surface area contributed by atoms with Gasteiger partial charge in [0.1, 0.15) is 17.3 Å². The second-order valence-corrected chi connectivity index (χ2v) is 7.87. The summed E-state index contributed by atoms with van der Waals surface area (Å²) in [6, 6.07) is 17.7. The monoisotopic (exact) mass is 533 g/mol. The third-order valence-electron chi connectivity index (χ3n) is 4.03. The predicted octanol–water partition coefficient (Wildman–Crippen LogP) is 4.79. The third kappa shape index (κ3) is 7.89. The van der Waals surface area contributed by atoms with Crippen molar-refractivity contribution in [3.05, 3.63) is 87.6 Å². The van der Waals surface area contributed by atoms with E-state index in [4.69, 9.17) is 21.1 Å². The Bertz CT molecular complexity index is 1180. The molecule has 0 unspecified atom stereocenters. The molecule has 10 heteroatoms. The van der Waals surface area contributed by atoms with Crippen molar-refractivity contribution in [1.29, 1.82) is 0 Å². The van der Waals surface area contributed by atoms with Crippen LogP contribution in [0.3, 0.4) is 0 Å². The second-order valence-electron chi connectivity index (χ2n) is 6.55. The normalized spacial score (nSPS) is 10.6. The molecule has 0 aliphatic rings. The van der Waals surface area contributed by atoms with Crippen LogP contribution in [0.1, 0.15) is 5.56 Å². The fourth-order valence-corrected chi connectivity index (χ4v) is 3.15. The summed E-state index contributed by atoms with van der Waals surface area (Å²) in [6.45, 7) is -0.550. The molecular formula is C23H18BrClFN3O4. The van der Waals surface area contributed by atoms with Crippen LogP contribution in [0.4, 0.5) is 10.1 Å². The molecule has 2 N–H and O–H groups in total. The van der Waals surface area contributed by atoms with Gasteiger partial charge in [0.15, 0.2) is 13.2 Å². The first-order valence-electron chi connectivity index (χ1n) is 9.58. The molecule has 0 radical (unpaired) electrons. The number of benzene rings is 3. The van der Waals surface area contributed by atoms with E-state index in [1.54, 1.807) is 42.5 Å². The van der Waals surface area contributed by atoms with Gasteiger partial charge in [-0.3, -0.25) is 9.59 Å². The number of ether oxygens (including phenoxy) is 2. The lowest BCUT2D eigenvalue weighted by Gasteiger charge is -2.09. The summed E-state index contributed by atoms with van der Waals surface area (Å²) >= 11 is 9.50. The van der Waals surface area contributed by atoms with Crippen molar-refractivity contribution in [1.82, 2.24) is 5.43 Å². The zero-order chi connectivity index (χ0) is 23.6. The van der Waals surface area contributed by atoms with E-state index in [9.17, 15) is 14.0 Å². The van der Waals surface area contributed by atoms with Crippen molar-refractivity contribution >= 4 is 51.2 Å². The number of hydrogen-bond donors (Lipinski definition) is 2. The van der Waals surface area contributed by atoms with Gasteiger partial charge in [0, 0.05) is 4.47 Å². The Morgan fingerprint density at radius 1 is 1.00 bits per heavy atom. The van der Waals surface area contributed by atoms with Crippen LogP contribution in [0.25, 0.3) is 0 Å². The first kappa shape index (κ1) is 24.2. The van der Waals surface area contributed by atoms with Crippen molar-refractivity contribution in [3.8, 4) is 11.5 Å². The molecule has 170 valence electrons. The Labute approximate surface area is 202 Å². The Morgan fingerprint density at radius 3 is 2.55 bits per heavy atom. The lowest BCUT2D eigenvalue weighted by atomic mass is 10.2. The fraction of sp³-hybridized carbons (Fsp3) is 0.0870. The number of nitrogens with one attached hydrogen (secondary N) is 2. The predicted molar refractivity (Wildman–Crippen MR) is 127 cm³/mol. The highest BCUT2D eigenvalue weighted by atomic mass is 79.9. The molecule has 0 saturated heterocycles. The second kappa shape index (κ2) is 12.0. The number of halogens is 3. The quantitative estimate of drug-likeness (QED) is 0.305. The standard InChI is InChI=1S/C23H18BrClFN3O4/c24-16-4-3-5-17(11-16)32-14-23(31)29-27-12-15-8-9-21(18(25)10-15)33-13-22(30)28-20-7-2-1-6-19(20)26/h1-12H,13-14H2,(H,28,30)(H,29,31)/b27-12+. The van der Waals surface area contributed by atoms with Crippen LogP contribution in [-0.4, -0.2) is 31.2 Å². The number of hydrogen-bond acceptors (Lipinski definition) is 5. The van der Waals surface area contributed by atoms with Gasteiger partial charge in [-0.25, -0.2) is 9.82 Å². The molecule has 3 aromatic rings. The van der Waals surface area contributed by atoms with Crippen LogP contribution in [-0.2, 0) is 9.59 Å². The van der Waals surface area contributed by atoms with E-state index in [-0.39, 0.29) is 29.7 Å². The van der Waals surface area contributed by atoms with Crippen molar-refractivity contribution in [2.24, 2.45) is 5.10 Å². The molecule has 33 heavy (non-hydrogen) atoms. The average molecular weight is 535 g/mol. The minimum atomic E-state index is -0.542. The van der Waals surface area contributed by atoms with Gasteiger partial charge in [0.25, 0.3) is 11.8 Å². The topological polar surface area (TPSA) is 89.0 Å². The van der Waals surface area contributed by atoms with Gasteiger partial charge >= 0.3 is 0 Å². The number of carbonyl (C=O) groups is 2. The molecule has 0 saturated carbocycles. The number of hydrazone groups is 1. The highest BCUT2D eigenvalue weighted by Crippen LogP contribution is 2.25. The van der Waals surface area contributed by atoms with E-state index in [2.05, 4.69) is 31.8 Å². The lowest BCUT2D eigenvalue weighted by molar-refractivity contribution is -0.123. The molecule has 0 fully saturated rings. The summed E-state index contributed by atoms with van der Waals surface area (Å²) in [5.41, 5.74) is 3.01. The zero-order valence-corrected chi connectivity index (χ0v) is 19.4. The molecule has 0 aliphatic heterocycles. The van der Waals surface area contributed by atoms with Crippen LogP contribution in [0, 0.1) is 5.82 Å². The molecular weight excluding hydrogens is 517 g/mol. The minimum Gasteiger partial charge on any atom is -0.484 e. The molecule has 3 rings (SSSR count). The van der Waals surface area contributed by atoms with Gasteiger partial charge in [-0.2, -0.15) is 5.10 Å². The highest BCUT2D eigenvalue weighted by molar-refractivity contribution is 9.10. The van der Waals surface area contributed by atoms with E-state index in [0.717, 1.165) is 4.47 Å². The van der Waals surface area contributed by atoms with E-state index >= 15 is 0 Å². The van der Waals surface area contributed by atoms with Crippen LogP contribution in [0.15, 0.2) is 76.3 Å². The van der Waals surface area contributed by atoms with Crippen molar-refractivity contribution in [2.75, 3.05) is 18.5 Å². The Morgan fingerprint density at radius 2 is 1.79 bits per heavy atom. The first-order valence-corrected chi connectivity index (χ1v) is 10.7. The zero-order valence-electron chi connectivity index (χ0n) is 17.1. The largest absolute Gasteiger partial charge is 0.484 e. The summed E-state index contributed by atoms with van der Waals surface area (Å²) in [6.07, 6.45) is 1.40. The van der Waals surface area contributed by atoms with Gasteiger partial charge in [-0.05, 0) is 54.1 Å². The minimum absolute atomic E-state index is 0.0628. The van der Waals surface area contributed by atoms with Gasteiger partial charge in [0.05, 0.1) is 16.9 Å². The Kier molecular flexibility index (Phi) is 8.79. The van der Waals surface area contributed by atoms with Crippen LogP contribution in [0.5, 0.6) is 11.5 Å². The van der Waals surface area contributed by atoms with E-state index in [1.807, 2.05) is 6.07 Å². The Hall–Kier alpha value is -3.43. The maximum atomic E-state index is 13.6. The van der Waals surface area contributed by atoms with E-state index < -0.39 is 17.6 Å². The van der Waals surface area contributed by atoms with Crippen LogP contribution in [0.2, 0.25) is 5.02 Å². The van der Waals surface area contributed by atoms with Crippen molar-refractivity contribution in [2.45, 2.75) is 0 Å². The number of anilines is 1. The number of rotatable bonds is 9. The summed E-state index contributed by atoms with van der Waals surface area (Å²) in [4.78, 5) is 23.8. The lowest BCUT2D eigenvalue weighted by Crippen LogP contribution is -2.24. The summed E-state index contributed by atoms with van der Waals surface area (Å²) < 4.78 is 25.2. The van der Waals surface area contributed by atoms with Gasteiger partial charge in [0.2, 0.25) is 0 Å². The third-order valence-corrected chi connectivity index (χ3v) is 4.82. The van der Waals surface area contributed by atoms with Gasteiger partial charge in [-0.15, -0.1) is 0 Å². The molecule has 0 aliphatic carbocycles. The van der Waals surface area contributed by atoms with Crippen molar-refractivity contribution < 1.29 is 23.5 Å². The summed E-state index contributed by atoms with van der Waals surface area (Å²) in [5, 5.41) is 6.51. The number of para-hydroxylation sites is 1. The average Bonchev–Trinajstić information content (AvgIpc) is 2.79. The van der Waals surface area contributed by atoms with Crippen LogP contribution >= 0.6 is 27.5 Å².